The first-order valence-electron chi connectivity index (χ1n) is 8.18. The molecule has 0 aromatic heterocycles. The molecule has 2 aromatic carbocycles. The number of rotatable bonds is 8. The minimum Gasteiger partial charge on any atom is -0.396 e. The van der Waals surface area contributed by atoms with Crippen molar-refractivity contribution in [2.45, 2.75) is 37.0 Å². The summed E-state index contributed by atoms with van der Waals surface area (Å²) in [5.41, 5.74) is 0.135. The number of aliphatic hydroxyl groups excluding tert-OH is 1. The van der Waals surface area contributed by atoms with Crippen LogP contribution in [0.1, 0.15) is 27.2 Å². The van der Waals surface area contributed by atoms with Gasteiger partial charge in [-0.1, -0.05) is 57.2 Å². The molecule has 0 unspecified atom stereocenters. The van der Waals surface area contributed by atoms with Crippen LogP contribution in [0.3, 0.4) is 0 Å². The van der Waals surface area contributed by atoms with E-state index in [1.54, 1.807) is 0 Å². The van der Waals surface area contributed by atoms with Gasteiger partial charge in [-0.2, -0.15) is 0 Å². The van der Waals surface area contributed by atoms with Crippen molar-refractivity contribution in [2.24, 2.45) is 5.41 Å². The monoisotopic (exact) mass is 348 g/mol. The molecule has 0 bridgehead atoms. The lowest BCUT2D eigenvalue weighted by Crippen LogP contribution is -2.24. The first-order chi connectivity index (χ1) is 11.2. The first-order valence-corrected chi connectivity index (χ1v) is 10.2. The van der Waals surface area contributed by atoms with Gasteiger partial charge in [0.1, 0.15) is 0 Å². The summed E-state index contributed by atoms with van der Waals surface area (Å²) in [5.74, 6) is 2.05. The Balaban J connectivity index is 0.00000127. The van der Waals surface area contributed by atoms with Crippen molar-refractivity contribution in [3.8, 4) is 0 Å². The standard InChI is InChI=1S/C18H22OS2.C2H6/c1-18(12-13-19,14-20-16-8-4-2-5-9-16)15-21-17-10-6-3-7-11-17;1-2/h2-11,19H,12-15H2,1H3;1-2H3. The molecule has 0 aliphatic heterocycles. The fraction of sp³-hybridized carbons (Fsp3) is 0.400. The molecule has 1 N–H and O–H groups in total. The molecule has 0 saturated heterocycles. The normalized spacial score (nSPS) is 10.8. The van der Waals surface area contributed by atoms with Gasteiger partial charge >= 0.3 is 0 Å². The van der Waals surface area contributed by atoms with Crippen LogP contribution in [0, 0.1) is 5.41 Å². The molecule has 0 saturated carbocycles. The smallest absolute Gasteiger partial charge is 0.0436 e. The molecule has 0 spiro atoms. The second-order valence-corrected chi connectivity index (χ2v) is 7.59. The van der Waals surface area contributed by atoms with E-state index in [1.807, 2.05) is 49.5 Å². The maximum Gasteiger partial charge on any atom is 0.0436 e. The molecule has 1 nitrogen and oxygen atoms in total. The van der Waals surface area contributed by atoms with Crippen LogP contribution in [0.25, 0.3) is 0 Å². The highest BCUT2D eigenvalue weighted by Gasteiger charge is 2.24. The van der Waals surface area contributed by atoms with Gasteiger partial charge in [0.25, 0.3) is 0 Å². The fourth-order valence-corrected chi connectivity index (χ4v) is 4.36. The fourth-order valence-electron chi connectivity index (χ4n) is 2.00. The third-order valence-corrected chi connectivity index (χ3v) is 6.27. The number of thioether (sulfide) groups is 2. The van der Waals surface area contributed by atoms with Gasteiger partial charge in [-0.05, 0) is 36.1 Å². The Morgan fingerprint density at radius 1 is 0.783 bits per heavy atom. The van der Waals surface area contributed by atoms with E-state index in [0.717, 1.165) is 17.9 Å². The third kappa shape index (κ3) is 7.96. The number of hydrogen-bond donors (Lipinski definition) is 1. The molecule has 0 radical (unpaired) electrons. The van der Waals surface area contributed by atoms with Crippen LogP contribution in [0.5, 0.6) is 0 Å². The number of aliphatic hydroxyl groups is 1. The Bertz CT molecular complexity index is 470. The van der Waals surface area contributed by atoms with E-state index in [-0.39, 0.29) is 12.0 Å². The summed E-state index contributed by atoms with van der Waals surface area (Å²) >= 11 is 3.76. The van der Waals surface area contributed by atoms with Crippen molar-refractivity contribution in [3.05, 3.63) is 60.7 Å². The maximum atomic E-state index is 9.38. The number of hydrogen-bond acceptors (Lipinski definition) is 3. The minimum atomic E-state index is 0.135. The summed E-state index contributed by atoms with van der Waals surface area (Å²) in [4.78, 5) is 2.60. The van der Waals surface area contributed by atoms with Crippen LogP contribution in [0.2, 0.25) is 0 Å². The summed E-state index contributed by atoms with van der Waals surface area (Å²) in [6.07, 6.45) is 0.840. The zero-order valence-electron chi connectivity index (χ0n) is 14.4. The molecule has 0 amide bonds. The van der Waals surface area contributed by atoms with Crippen molar-refractivity contribution in [1.82, 2.24) is 0 Å². The highest BCUT2D eigenvalue weighted by atomic mass is 32.2. The van der Waals surface area contributed by atoms with E-state index < -0.39 is 0 Å². The molecule has 0 heterocycles. The van der Waals surface area contributed by atoms with Crippen molar-refractivity contribution in [1.29, 1.82) is 0 Å². The van der Waals surface area contributed by atoms with Gasteiger partial charge in [-0.15, -0.1) is 23.5 Å². The van der Waals surface area contributed by atoms with Gasteiger partial charge in [0, 0.05) is 27.9 Å². The summed E-state index contributed by atoms with van der Waals surface area (Å²) in [5, 5.41) is 9.38. The predicted molar refractivity (Wildman–Crippen MR) is 105 cm³/mol. The molecular weight excluding hydrogens is 320 g/mol. The second kappa shape index (κ2) is 11.6. The van der Waals surface area contributed by atoms with Crippen LogP contribution in [-0.4, -0.2) is 23.2 Å². The highest BCUT2D eigenvalue weighted by Crippen LogP contribution is 2.35. The third-order valence-electron chi connectivity index (χ3n) is 3.38. The van der Waals surface area contributed by atoms with E-state index >= 15 is 0 Å². The Hall–Kier alpha value is -0.900. The largest absolute Gasteiger partial charge is 0.396 e. The molecule has 2 aromatic rings. The Kier molecular flexibility index (Phi) is 10.2. The Labute approximate surface area is 149 Å². The topological polar surface area (TPSA) is 20.2 Å². The number of benzene rings is 2. The summed E-state index contributed by atoms with van der Waals surface area (Å²) in [6, 6.07) is 21.0. The summed E-state index contributed by atoms with van der Waals surface area (Å²) in [7, 11) is 0. The lowest BCUT2D eigenvalue weighted by atomic mass is 9.92. The summed E-state index contributed by atoms with van der Waals surface area (Å²) in [6.45, 7) is 6.52. The van der Waals surface area contributed by atoms with E-state index in [1.165, 1.54) is 9.79 Å². The average Bonchev–Trinajstić information content (AvgIpc) is 2.62. The zero-order valence-corrected chi connectivity index (χ0v) is 16.0. The van der Waals surface area contributed by atoms with Gasteiger partial charge < -0.3 is 5.11 Å². The molecule has 126 valence electrons. The predicted octanol–water partition coefficient (Wildman–Crippen LogP) is 5.99. The molecule has 0 atom stereocenters. The quantitative estimate of drug-likeness (QED) is 0.592. The second-order valence-electron chi connectivity index (χ2n) is 5.49. The van der Waals surface area contributed by atoms with E-state index in [9.17, 15) is 5.11 Å². The van der Waals surface area contributed by atoms with Gasteiger partial charge in [0.15, 0.2) is 0 Å². The van der Waals surface area contributed by atoms with Crippen LogP contribution in [0.4, 0.5) is 0 Å². The Morgan fingerprint density at radius 3 is 1.52 bits per heavy atom. The van der Waals surface area contributed by atoms with E-state index in [0.29, 0.717) is 0 Å². The molecule has 3 heteroatoms. The van der Waals surface area contributed by atoms with Crippen LogP contribution in [0.15, 0.2) is 70.5 Å². The highest BCUT2D eigenvalue weighted by molar-refractivity contribution is 8.00. The lowest BCUT2D eigenvalue weighted by molar-refractivity contribution is 0.231. The molecule has 23 heavy (non-hydrogen) atoms. The van der Waals surface area contributed by atoms with Crippen LogP contribution in [-0.2, 0) is 0 Å². The molecule has 0 aliphatic carbocycles. The maximum absolute atomic E-state index is 9.38. The van der Waals surface area contributed by atoms with Gasteiger partial charge in [0.2, 0.25) is 0 Å². The SMILES string of the molecule is CC.CC(CCO)(CSc1ccccc1)CSc1ccccc1. The molecule has 0 aliphatic rings. The first kappa shape index (κ1) is 20.1. The van der Waals surface area contributed by atoms with E-state index in [2.05, 4.69) is 55.5 Å². The van der Waals surface area contributed by atoms with E-state index in [4.69, 9.17) is 0 Å². The summed E-state index contributed by atoms with van der Waals surface area (Å²) < 4.78 is 0. The van der Waals surface area contributed by atoms with Crippen molar-refractivity contribution in [2.75, 3.05) is 18.1 Å². The minimum absolute atomic E-state index is 0.135. The van der Waals surface area contributed by atoms with Crippen molar-refractivity contribution >= 4 is 23.5 Å². The van der Waals surface area contributed by atoms with Crippen molar-refractivity contribution < 1.29 is 5.11 Å². The molecule has 2 rings (SSSR count). The van der Waals surface area contributed by atoms with Gasteiger partial charge in [0.05, 0.1) is 0 Å². The van der Waals surface area contributed by atoms with Crippen LogP contribution < -0.4 is 0 Å². The van der Waals surface area contributed by atoms with Crippen molar-refractivity contribution in [3.63, 3.8) is 0 Å². The lowest BCUT2D eigenvalue weighted by Gasteiger charge is -2.28. The van der Waals surface area contributed by atoms with Gasteiger partial charge in [-0.25, -0.2) is 0 Å². The van der Waals surface area contributed by atoms with Gasteiger partial charge in [-0.3, -0.25) is 0 Å². The molecule has 0 fully saturated rings. The zero-order chi connectivity index (χ0) is 17.0. The van der Waals surface area contributed by atoms with Crippen LogP contribution >= 0.6 is 23.5 Å². The average molecular weight is 349 g/mol. The Morgan fingerprint density at radius 2 is 1.17 bits per heavy atom. The molecular formula is C20H28OS2.